The van der Waals surface area contributed by atoms with Crippen molar-refractivity contribution in [1.29, 1.82) is 0 Å². The fraction of sp³-hybridized carbons (Fsp3) is 0.727. The van der Waals surface area contributed by atoms with Gasteiger partial charge in [0.2, 0.25) is 0 Å². The van der Waals surface area contributed by atoms with Gasteiger partial charge in [-0.3, -0.25) is 4.57 Å². The Hall–Kier alpha value is -0.630. The number of benzene rings is 1. The van der Waals surface area contributed by atoms with Crippen LogP contribution in [-0.4, -0.2) is 9.79 Å². The van der Waals surface area contributed by atoms with E-state index in [4.69, 9.17) is 0 Å². The van der Waals surface area contributed by atoms with Crippen molar-refractivity contribution in [2.75, 3.05) is 0 Å². The Morgan fingerprint density at radius 3 is 1.77 bits per heavy atom. The molecule has 1 rings (SSSR count). The summed E-state index contributed by atoms with van der Waals surface area (Å²) in [5.41, 5.74) is 2.08. The van der Waals surface area contributed by atoms with E-state index in [1.54, 1.807) is 6.07 Å². The van der Waals surface area contributed by atoms with Gasteiger partial charge in [-0.05, 0) is 42.9 Å². The molecule has 2 N–H and O–H groups in total. The van der Waals surface area contributed by atoms with Crippen LogP contribution in [0.15, 0.2) is 18.2 Å². The van der Waals surface area contributed by atoms with Gasteiger partial charge in [-0.15, -0.1) is 0 Å². The van der Waals surface area contributed by atoms with E-state index in [0.29, 0.717) is 0 Å². The number of unbranched alkanes of at least 4 members (excludes halogenated alkanes) is 10. The first-order valence-electron chi connectivity index (χ1n) is 10.7. The van der Waals surface area contributed by atoms with Crippen molar-refractivity contribution in [3.8, 4) is 0 Å². The van der Waals surface area contributed by atoms with Gasteiger partial charge in [0.15, 0.2) is 0 Å². The Balaban J connectivity index is 2.56. The lowest BCUT2D eigenvalue weighted by Gasteiger charge is -2.13. The van der Waals surface area contributed by atoms with Gasteiger partial charge in [0.1, 0.15) is 0 Å². The van der Waals surface area contributed by atoms with E-state index >= 15 is 0 Å². The van der Waals surface area contributed by atoms with E-state index in [1.807, 2.05) is 12.1 Å². The van der Waals surface area contributed by atoms with Crippen LogP contribution in [0.1, 0.15) is 102 Å². The minimum Gasteiger partial charge on any atom is -0.321 e. The molecule has 0 bridgehead atoms. The number of aryl methyl sites for hydroxylation is 2. The quantitative estimate of drug-likeness (QED) is 0.277. The van der Waals surface area contributed by atoms with E-state index in [-0.39, 0.29) is 5.30 Å². The van der Waals surface area contributed by atoms with Gasteiger partial charge in [0.05, 0.1) is 5.30 Å². The molecule has 1 aromatic carbocycles. The van der Waals surface area contributed by atoms with Gasteiger partial charge in [0.25, 0.3) is 0 Å². The lowest BCUT2D eigenvalue weighted by atomic mass is 10.00. The molecule has 1 aromatic rings. The summed E-state index contributed by atoms with van der Waals surface area (Å²) in [7, 11) is -4.19. The second-order valence-corrected chi connectivity index (χ2v) is 9.11. The van der Waals surface area contributed by atoms with E-state index in [9.17, 15) is 14.4 Å². The van der Waals surface area contributed by atoms with Crippen LogP contribution in [-0.2, 0) is 17.4 Å². The largest absolute Gasteiger partial charge is 0.356 e. The van der Waals surface area contributed by atoms with Crippen molar-refractivity contribution < 1.29 is 14.4 Å². The topological polar surface area (TPSA) is 57.5 Å². The second kappa shape index (κ2) is 13.5. The summed E-state index contributed by atoms with van der Waals surface area (Å²) in [6, 6.07) is 5.62. The fourth-order valence-corrected chi connectivity index (χ4v) is 4.30. The van der Waals surface area contributed by atoms with Crippen LogP contribution >= 0.6 is 7.60 Å². The summed E-state index contributed by atoms with van der Waals surface area (Å²) in [5, 5.41) is 0.234. The summed E-state index contributed by atoms with van der Waals surface area (Å²) in [6.07, 6.45) is 16.5. The van der Waals surface area contributed by atoms with Crippen LogP contribution in [0, 0.1) is 0 Å². The molecule has 0 heterocycles. The molecule has 0 radical (unpaired) electrons. The van der Waals surface area contributed by atoms with Crippen molar-refractivity contribution in [3.05, 3.63) is 29.3 Å². The van der Waals surface area contributed by atoms with E-state index in [0.717, 1.165) is 37.7 Å². The molecule has 0 atom stereocenters. The SMILES string of the molecule is CCCCCCCCc1ccc(P(=O)(O)O)c(CCCCCCCC)c1. The van der Waals surface area contributed by atoms with Gasteiger partial charge in [-0.1, -0.05) is 90.2 Å². The molecule has 150 valence electrons. The summed E-state index contributed by atoms with van der Waals surface area (Å²) < 4.78 is 11.8. The average molecular weight is 383 g/mol. The highest BCUT2D eigenvalue weighted by atomic mass is 31.2. The fourth-order valence-electron chi connectivity index (χ4n) is 3.48. The third-order valence-corrected chi connectivity index (χ3v) is 6.14. The highest BCUT2D eigenvalue weighted by molar-refractivity contribution is 7.60. The number of hydrogen-bond acceptors (Lipinski definition) is 1. The lowest BCUT2D eigenvalue weighted by Crippen LogP contribution is -2.12. The molecule has 0 aliphatic heterocycles. The summed E-state index contributed by atoms with van der Waals surface area (Å²) in [6.45, 7) is 4.44. The molecule has 26 heavy (non-hydrogen) atoms. The Labute approximate surface area is 160 Å². The highest BCUT2D eigenvalue weighted by Crippen LogP contribution is 2.35. The zero-order chi connectivity index (χ0) is 19.3. The normalized spacial score (nSPS) is 11.8. The van der Waals surface area contributed by atoms with Crippen LogP contribution in [0.25, 0.3) is 0 Å². The van der Waals surface area contributed by atoms with Crippen LogP contribution in [0.4, 0.5) is 0 Å². The van der Waals surface area contributed by atoms with Gasteiger partial charge in [0, 0.05) is 0 Å². The van der Waals surface area contributed by atoms with Crippen LogP contribution in [0.2, 0.25) is 0 Å². The van der Waals surface area contributed by atoms with Crippen LogP contribution in [0.3, 0.4) is 0 Å². The Kier molecular flexibility index (Phi) is 12.2. The standard InChI is InChI=1S/C22H39O3P/c1-3-5-7-9-11-13-15-20-17-18-22(26(23,24)25)21(19-20)16-14-12-10-8-6-4-2/h17-19H,3-16H2,1-2H3,(H2,23,24,25). The molecule has 0 aliphatic rings. The van der Waals surface area contributed by atoms with Gasteiger partial charge < -0.3 is 9.79 Å². The first-order chi connectivity index (χ1) is 12.5. The maximum Gasteiger partial charge on any atom is 0.356 e. The van der Waals surface area contributed by atoms with Crippen molar-refractivity contribution in [2.24, 2.45) is 0 Å². The maximum absolute atomic E-state index is 11.8. The van der Waals surface area contributed by atoms with Crippen LogP contribution < -0.4 is 5.30 Å². The minimum atomic E-state index is -4.19. The number of hydrogen-bond donors (Lipinski definition) is 2. The van der Waals surface area contributed by atoms with Gasteiger partial charge in [-0.25, -0.2) is 0 Å². The van der Waals surface area contributed by atoms with Crippen molar-refractivity contribution in [2.45, 2.75) is 104 Å². The first kappa shape index (κ1) is 23.4. The molecule has 4 heteroatoms. The van der Waals surface area contributed by atoms with E-state index in [1.165, 1.54) is 63.4 Å². The Morgan fingerprint density at radius 1 is 0.731 bits per heavy atom. The predicted octanol–water partition coefficient (Wildman–Crippen LogP) is 6.30. The third-order valence-electron chi connectivity index (χ3n) is 5.08. The van der Waals surface area contributed by atoms with E-state index in [2.05, 4.69) is 13.8 Å². The maximum atomic E-state index is 11.8. The van der Waals surface area contributed by atoms with Gasteiger partial charge in [-0.2, -0.15) is 0 Å². The second-order valence-electron chi connectivity index (χ2n) is 7.54. The molecule has 0 fully saturated rings. The van der Waals surface area contributed by atoms with Crippen molar-refractivity contribution in [1.82, 2.24) is 0 Å². The predicted molar refractivity (Wildman–Crippen MR) is 112 cm³/mol. The lowest BCUT2D eigenvalue weighted by molar-refractivity contribution is 0.387. The molecule has 0 aromatic heterocycles. The van der Waals surface area contributed by atoms with E-state index < -0.39 is 7.60 Å². The molecule has 0 unspecified atom stereocenters. The number of rotatable bonds is 15. The summed E-state index contributed by atoms with van der Waals surface area (Å²) >= 11 is 0. The molecular formula is C22H39O3P. The molecule has 0 saturated heterocycles. The molecule has 3 nitrogen and oxygen atoms in total. The highest BCUT2D eigenvalue weighted by Gasteiger charge is 2.21. The first-order valence-corrected chi connectivity index (χ1v) is 12.3. The smallest absolute Gasteiger partial charge is 0.321 e. The molecule has 0 aliphatic carbocycles. The zero-order valence-corrected chi connectivity index (χ0v) is 17.8. The Morgan fingerprint density at radius 2 is 1.23 bits per heavy atom. The van der Waals surface area contributed by atoms with Crippen molar-refractivity contribution >= 4 is 12.9 Å². The average Bonchev–Trinajstić information content (AvgIpc) is 2.60. The zero-order valence-electron chi connectivity index (χ0n) is 16.9. The molecule has 0 spiro atoms. The minimum absolute atomic E-state index is 0.234. The molecule has 0 amide bonds. The van der Waals surface area contributed by atoms with Gasteiger partial charge >= 0.3 is 7.60 Å². The molecule has 0 saturated carbocycles. The molecular weight excluding hydrogens is 343 g/mol. The third kappa shape index (κ3) is 9.90. The summed E-state index contributed by atoms with van der Waals surface area (Å²) in [5.74, 6) is 0. The van der Waals surface area contributed by atoms with Crippen LogP contribution in [0.5, 0.6) is 0 Å². The summed E-state index contributed by atoms with van der Waals surface area (Å²) in [4.78, 5) is 19.3. The monoisotopic (exact) mass is 382 g/mol. The van der Waals surface area contributed by atoms with Crippen molar-refractivity contribution in [3.63, 3.8) is 0 Å². The Bertz CT molecular complexity index is 536.